The number of benzene rings is 1. The molecule has 0 radical (unpaired) electrons. The molecule has 0 unspecified atom stereocenters. The minimum atomic E-state index is -0.126. The molecule has 0 saturated carbocycles. The third-order valence-electron chi connectivity index (χ3n) is 5.44. The van der Waals surface area contributed by atoms with Crippen LogP contribution in [0.5, 0.6) is 0 Å². The lowest BCUT2D eigenvalue weighted by Gasteiger charge is -2.23. The molecule has 4 rings (SSSR count). The molecule has 2 aromatic heterocycles. The molecule has 138 valence electrons. The summed E-state index contributed by atoms with van der Waals surface area (Å²) < 4.78 is 1.31. The summed E-state index contributed by atoms with van der Waals surface area (Å²) in [6.45, 7) is 8.37. The van der Waals surface area contributed by atoms with Crippen LogP contribution in [0.2, 0.25) is 0 Å². The molecule has 3 aromatic rings. The van der Waals surface area contributed by atoms with Crippen LogP contribution in [0, 0.1) is 13.8 Å². The number of aryl methyl sites for hydroxylation is 2. The molecule has 0 fully saturated rings. The zero-order valence-electron chi connectivity index (χ0n) is 16.1. The van der Waals surface area contributed by atoms with Gasteiger partial charge in [0.15, 0.2) is 0 Å². The van der Waals surface area contributed by atoms with E-state index in [1.165, 1.54) is 22.3 Å². The molecule has 1 aromatic carbocycles. The highest BCUT2D eigenvalue weighted by Gasteiger charge is 2.37. The average molecular weight is 379 g/mol. The number of fused-ring (bicyclic) bond motifs is 2. The Hall–Kier alpha value is -2.73. The van der Waals surface area contributed by atoms with Gasteiger partial charge in [0.2, 0.25) is 0 Å². The van der Waals surface area contributed by atoms with Crippen molar-refractivity contribution in [2.24, 2.45) is 5.10 Å². The van der Waals surface area contributed by atoms with Gasteiger partial charge in [-0.05, 0) is 37.1 Å². The van der Waals surface area contributed by atoms with Crippen molar-refractivity contribution in [3.05, 3.63) is 68.7 Å². The summed E-state index contributed by atoms with van der Waals surface area (Å²) in [6.07, 6.45) is 5.15. The molecule has 0 saturated heterocycles. The van der Waals surface area contributed by atoms with Crippen LogP contribution in [0.25, 0.3) is 10.2 Å². The summed E-state index contributed by atoms with van der Waals surface area (Å²) in [6, 6.07) is 8.40. The molecule has 0 aliphatic carbocycles. The van der Waals surface area contributed by atoms with E-state index in [-0.39, 0.29) is 11.0 Å². The Bertz CT molecular complexity index is 1170. The van der Waals surface area contributed by atoms with Gasteiger partial charge in [-0.2, -0.15) is 9.78 Å². The number of allylic oxidation sites excluding steroid dienone is 2. The van der Waals surface area contributed by atoms with Crippen LogP contribution in [-0.4, -0.2) is 22.9 Å². The summed E-state index contributed by atoms with van der Waals surface area (Å²) in [5, 5.41) is 5.01. The summed E-state index contributed by atoms with van der Waals surface area (Å²) in [7, 11) is 2.06. The Labute approximate surface area is 162 Å². The van der Waals surface area contributed by atoms with Crippen LogP contribution in [0.1, 0.15) is 29.9 Å². The molecule has 0 atom stereocenters. The Kier molecular flexibility index (Phi) is 4.03. The second kappa shape index (κ2) is 6.16. The third kappa shape index (κ3) is 2.63. The van der Waals surface area contributed by atoms with Crippen LogP contribution >= 0.6 is 11.3 Å². The predicted octanol–water partition coefficient (Wildman–Crippen LogP) is 4.22. The number of thiophene rings is 1. The Morgan fingerprint density at radius 2 is 1.96 bits per heavy atom. The molecule has 1 aliphatic rings. The Morgan fingerprint density at radius 3 is 2.70 bits per heavy atom. The lowest BCUT2D eigenvalue weighted by atomic mass is 9.84. The van der Waals surface area contributed by atoms with Gasteiger partial charge in [0.25, 0.3) is 5.56 Å². The lowest BCUT2D eigenvalue weighted by molar-refractivity contribution is 0.641. The van der Waals surface area contributed by atoms with Crippen LogP contribution in [-0.2, 0) is 5.41 Å². The van der Waals surface area contributed by atoms with Crippen molar-refractivity contribution in [3.63, 3.8) is 0 Å². The van der Waals surface area contributed by atoms with Crippen LogP contribution in [0.3, 0.4) is 0 Å². The van der Waals surface area contributed by atoms with Gasteiger partial charge in [-0.25, -0.2) is 4.98 Å². The molecule has 5 nitrogen and oxygen atoms in total. The number of para-hydroxylation sites is 1. The zero-order valence-corrected chi connectivity index (χ0v) is 17.0. The van der Waals surface area contributed by atoms with E-state index in [0.717, 1.165) is 21.0 Å². The first-order chi connectivity index (χ1) is 12.8. The molecule has 0 amide bonds. The number of aromatic nitrogens is 2. The normalized spacial score (nSPS) is 17.4. The van der Waals surface area contributed by atoms with E-state index in [4.69, 9.17) is 0 Å². The number of hydrogen-bond donors (Lipinski definition) is 0. The maximum atomic E-state index is 12.7. The largest absolute Gasteiger partial charge is 0.347 e. The first kappa shape index (κ1) is 17.7. The molecule has 0 N–H and O–H groups in total. The minimum Gasteiger partial charge on any atom is -0.347 e. The van der Waals surface area contributed by atoms with Crippen molar-refractivity contribution in [1.82, 2.24) is 9.66 Å². The van der Waals surface area contributed by atoms with E-state index in [1.54, 1.807) is 17.6 Å². The van der Waals surface area contributed by atoms with E-state index in [0.29, 0.717) is 5.39 Å². The van der Waals surface area contributed by atoms with Crippen LogP contribution in [0.4, 0.5) is 5.69 Å². The maximum absolute atomic E-state index is 12.7. The molecular weight excluding hydrogens is 356 g/mol. The monoisotopic (exact) mass is 378 g/mol. The van der Waals surface area contributed by atoms with Gasteiger partial charge in [0.05, 0.1) is 5.39 Å². The Morgan fingerprint density at radius 1 is 1.22 bits per heavy atom. The maximum Gasteiger partial charge on any atom is 0.282 e. The fourth-order valence-corrected chi connectivity index (χ4v) is 4.77. The average Bonchev–Trinajstić information content (AvgIpc) is 3.03. The van der Waals surface area contributed by atoms with E-state index in [9.17, 15) is 4.79 Å². The summed E-state index contributed by atoms with van der Waals surface area (Å²) in [5.74, 6) is 0. The van der Waals surface area contributed by atoms with Crippen molar-refractivity contribution in [2.45, 2.75) is 33.1 Å². The smallest absolute Gasteiger partial charge is 0.282 e. The highest BCUT2D eigenvalue weighted by atomic mass is 32.1. The number of rotatable bonds is 2. The summed E-state index contributed by atoms with van der Waals surface area (Å²) >= 11 is 1.54. The fourth-order valence-electron chi connectivity index (χ4n) is 3.79. The van der Waals surface area contributed by atoms with Gasteiger partial charge in [-0.1, -0.05) is 32.0 Å². The molecule has 0 bridgehead atoms. The van der Waals surface area contributed by atoms with E-state index >= 15 is 0 Å². The topological polar surface area (TPSA) is 50.5 Å². The number of anilines is 1. The molecule has 3 heterocycles. The quantitative estimate of drug-likeness (QED) is 0.628. The molecule has 1 aliphatic heterocycles. The van der Waals surface area contributed by atoms with Crippen molar-refractivity contribution in [1.29, 1.82) is 0 Å². The van der Waals surface area contributed by atoms with Gasteiger partial charge in [-0.3, -0.25) is 4.79 Å². The SMILES string of the molecule is Cc1sc2ncn(/N=C\C=C3\N(C)c4ccccc4C3(C)C)c(=O)c2c1C. The number of likely N-dealkylation sites (N-methyl/N-ethyl adjacent to an activating group) is 1. The highest BCUT2D eigenvalue weighted by molar-refractivity contribution is 7.18. The van der Waals surface area contributed by atoms with Gasteiger partial charge in [-0.15, -0.1) is 11.3 Å². The first-order valence-electron chi connectivity index (χ1n) is 8.88. The number of nitrogens with zero attached hydrogens (tertiary/aromatic N) is 4. The number of hydrogen-bond acceptors (Lipinski definition) is 5. The fraction of sp³-hybridized carbons (Fsp3) is 0.286. The van der Waals surface area contributed by atoms with E-state index < -0.39 is 0 Å². The third-order valence-corrected chi connectivity index (χ3v) is 6.55. The van der Waals surface area contributed by atoms with Gasteiger partial charge < -0.3 is 4.90 Å². The van der Waals surface area contributed by atoms with Gasteiger partial charge >= 0.3 is 0 Å². The van der Waals surface area contributed by atoms with E-state index in [1.807, 2.05) is 26.0 Å². The van der Waals surface area contributed by atoms with Gasteiger partial charge in [0, 0.05) is 34.9 Å². The highest BCUT2D eigenvalue weighted by Crippen LogP contribution is 2.46. The molecule has 6 heteroatoms. The predicted molar refractivity (Wildman–Crippen MR) is 113 cm³/mol. The van der Waals surface area contributed by atoms with Crippen LogP contribution in [0.15, 0.2) is 52.3 Å². The molecular formula is C21H22N4OS. The Balaban J connectivity index is 1.73. The second-order valence-corrected chi connectivity index (χ2v) is 8.58. The van der Waals surface area contributed by atoms with Crippen molar-refractivity contribution in [2.75, 3.05) is 11.9 Å². The zero-order chi connectivity index (χ0) is 19.3. The van der Waals surface area contributed by atoms with E-state index in [2.05, 4.69) is 54.1 Å². The van der Waals surface area contributed by atoms with Gasteiger partial charge in [0.1, 0.15) is 11.2 Å². The minimum absolute atomic E-state index is 0.119. The molecule has 27 heavy (non-hydrogen) atoms. The van der Waals surface area contributed by atoms with Crippen molar-refractivity contribution < 1.29 is 0 Å². The lowest BCUT2D eigenvalue weighted by Crippen LogP contribution is -2.23. The first-order valence-corrected chi connectivity index (χ1v) is 9.69. The second-order valence-electron chi connectivity index (χ2n) is 7.38. The van der Waals surface area contributed by atoms with Crippen molar-refractivity contribution >= 4 is 33.5 Å². The van der Waals surface area contributed by atoms with Crippen molar-refractivity contribution in [3.8, 4) is 0 Å². The standard InChI is InChI=1S/C21H22N4OS/c1-13-14(2)27-19-18(13)20(26)25(12-22-19)23-11-10-17-21(3,4)15-8-6-7-9-16(15)24(17)5/h6-12H,1-5H3/b17-10+,23-11-. The summed E-state index contributed by atoms with van der Waals surface area (Å²) in [5.41, 5.74) is 4.37. The summed E-state index contributed by atoms with van der Waals surface area (Å²) in [4.78, 5) is 21.2. The molecule has 0 spiro atoms. The van der Waals surface area contributed by atoms with Crippen LogP contribution < -0.4 is 10.5 Å².